The highest BCUT2D eigenvalue weighted by atomic mass is 16.5. The molecule has 2 amide bonds. The molecule has 0 saturated heterocycles. The van der Waals surface area contributed by atoms with Crippen LogP contribution in [-0.2, 0) is 6.54 Å². The summed E-state index contributed by atoms with van der Waals surface area (Å²) < 4.78 is 4.74. The van der Waals surface area contributed by atoms with E-state index >= 15 is 0 Å². The van der Waals surface area contributed by atoms with Crippen molar-refractivity contribution in [2.24, 2.45) is 0 Å². The predicted octanol–water partition coefficient (Wildman–Crippen LogP) is 1.10. The second-order valence-corrected chi connectivity index (χ2v) is 4.07. The smallest absolute Gasteiger partial charge is 0.335 e. The first-order valence-corrected chi connectivity index (χ1v) is 5.86. The van der Waals surface area contributed by atoms with E-state index in [1.54, 1.807) is 6.92 Å². The van der Waals surface area contributed by atoms with E-state index in [0.717, 1.165) is 6.07 Å². The van der Waals surface area contributed by atoms with Crippen LogP contribution in [0.4, 0.5) is 10.5 Å². The van der Waals surface area contributed by atoms with E-state index in [0.29, 0.717) is 11.7 Å². The lowest BCUT2D eigenvalue weighted by molar-refractivity contribution is 0.0696. The molecular weight excluding hydrogens is 280 g/mol. The molecule has 2 aromatic rings. The number of nitrogens with one attached hydrogen (secondary N) is 2. The number of rotatable bonds is 4. The van der Waals surface area contributed by atoms with Gasteiger partial charge in [0.05, 0.1) is 17.8 Å². The van der Waals surface area contributed by atoms with Gasteiger partial charge < -0.3 is 25.4 Å². The molecule has 0 bridgehead atoms. The number of aromatic nitrogens is 2. The fourth-order valence-corrected chi connectivity index (χ4v) is 1.51. The van der Waals surface area contributed by atoms with Crippen molar-refractivity contribution in [2.75, 3.05) is 5.32 Å². The zero-order valence-electron chi connectivity index (χ0n) is 11.0. The van der Waals surface area contributed by atoms with Gasteiger partial charge in [-0.3, -0.25) is 0 Å². The van der Waals surface area contributed by atoms with Crippen LogP contribution in [0.25, 0.3) is 0 Å². The molecular formula is C12H12N4O5. The second kappa shape index (κ2) is 5.90. The van der Waals surface area contributed by atoms with Crippen LogP contribution < -0.4 is 10.6 Å². The van der Waals surface area contributed by atoms with Gasteiger partial charge >= 0.3 is 12.0 Å². The Kier molecular flexibility index (Phi) is 4.02. The number of carboxylic acids is 1. The third-order valence-electron chi connectivity index (χ3n) is 2.47. The number of benzene rings is 1. The van der Waals surface area contributed by atoms with Gasteiger partial charge in [-0.15, -0.1) is 0 Å². The number of phenols is 1. The van der Waals surface area contributed by atoms with Gasteiger partial charge in [0.25, 0.3) is 0 Å². The highest BCUT2D eigenvalue weighted by Gasteiger charge is 2.11. The van der Waals surface area contributed by atoms with Crippen molar-refractivity contribution in [3.05, 3.63) is 35.5 Å². The average molecular weight is 292 g/mol. The van der Waals surface area contributed by atoms with Gasteiger partial charge in [-0.2, -0.15) is 4.98 Å². The fourth-order valence-electron chi connectivity index (χ4n) is 1.51. The van der Waals surface area contributed by atoms with E-state index in [1.807, 2.05) is 0 Å². The minimum absolute atomic E-state index is 0.0527. The van der Waals surface area contributed by atoms with Crippen molar-refractivity contribution in [3.8, 4) is 5.75 Å². The number of hydrogen-bond donors (Lipinski definition) is 4. The molecule has 1 heterocycles. The van der Waals surface area contributed by atoms with E-state index in [9.17, 15) is 14.7 Å². The summed E-state index contributed by atoms with van der Waals surface area (Å²) in [6.07, 6.45) is 0. The fraction of sp³-hybridized carbons (Fsp3) is 0.167. The minimum atomic E-state index is -1.17. The van der Waals surface area contributed by atoms with Gasteiger partial charge in [0.2, 0.25) is 5.89 Å². The Hall–Kier alpha value is -3.10. The first-order valence-electron chi connectivity index (χ1n) is 5.86. The Balaban J connectivity index is 1.94. The van der Waals surface area contributed by atoms with Crippen LogP contribution in [0.1, 0.15) is 22.1 Å². The zero-order chi connectivity index (χ0) is 15.4. The van der Waals surface area contributed by atoms with Crippen LogP contribution in [-0.4, -0.2) is 32.4 Å². The summed E-state index contributed by atoms with van der Waals surface area (Å²) in [5, 5.41) is 26.8. The van der Waals surface area contributed by atoms with Crippen LogP contribution in [0, 0.1) is 6.92 Å². The number of aryl methyl sites for hydroxylation is 1. The van der Waals surface area contributed by atoms with Crippen LogP contribution in [0.3, 0.4) is 0 Å². The molecule has 9 heteroatoms. The number of anilines is 1. The van der Waals surface area contributed by atoms with Crippen molar-refractivity contribution < 1.29 is 24.3 Å². The molecule has 1 aromatic heterocycles. The topological polar surface area (TPSA) is 138 Å². The molecule has 0 aliphatic carbocycles. The lowest BCUT2D eigenvalue weighted by Crippen LogP contribution is -2.28. The van der Waals surface area contributed by atoms with Crippen molar-refractivity contribution in [3.63, 3.8) is 0 Å². The molecule has 0 radical (unpaired) electrons. The van der Waals surface area contributed by atoms with Crippen LogP contribution in [0.2, 0.25) is 0 Å². The molecule has 0 aliphatic rings. The van der Waals surface area contributed by atoms with Gasteiger partial charge in [-0.05, 0) is 18.2 Å². The Labute approximate surface area is 118 Å². The number of aromatic hydroxyl groups is 1. The third kappa shape index (κ3) is 3.69. The zero-order valence-corrected chi connectivity index (χ0v) is 11.0. The number of aromatic carboxylic acids is 1. The summed E-state index contributed by atoms with van der Waals surface area (Å²) in [5.41, 5.74) is 0.00234. The number of carbonyl (C=O) groups excluding carboxylic acids is 1. The Morgan fingerprint density at radius 2 is 2.14 bits per heavy atom. The maximum absolute atomic E-state index is 11.6. The normalized spacial score (nSPS) is 10.1. The number of amides is 2. The first kappa shape index (κ1) is 14.3. The summed E-state index contributed by atoms with van der Waals surface area (Å²) in [6.45, 7) is 1.68. The van der Waals surface area contributed by atoms with Crippen LogP contribution in [0.15, 0.2) is 22.7 Å². The largest absolute Gasteiger partial charge is 0.506 e. The molecule has 4 N–H and O–H groups in total. The summed E-state index contributed by atoms with van der Waals surface area (Å²) in [7, 11) is 0. The number of urea groups is 1. The molecule has 21 heavy (non-hydrogen) atoms. The van der Waals surface area contributed by atoms with Crippen LogP contribution in [0.5, 0.6) is 5.75 Å². The number of hydrogen-bond acceptors (Lipinski definition) is 6. The number of phenolic OH excluding ortho intramolecular Hbond substituents is 1. The maximum atomic E-state index is 11.6. The number of nitrogens with zero attached hydrogens (tertiary/aromatic N) is 2. The summed E-state index contributed by atoms with van der Waals surface area (Å²) >= 11 is 0. The molecule has 0 atom stereocenters. The quantitative estimate of drug-likeness (QED) is 0.619. The molecule has 2 rings (SSSR count). The Morgan fingerprint density at radius 1 is 1.38 bits per heavy atom. The number of carbonyl (C=O) groups is 2. The van der Waals surface area contributed by atoms with E-state index in [1.165, 1.54) is 12.1 Å². The molecule has 0 unspecified atom stereocenters. The Morgan fingerprint density at radius 3 is 2.71 bits per heavy atom. The van der Waals surface area contributed by atoms with E-state index < -0.39 is 12.0 Å². The average Bonchev–Trinajstić information content (AvgIpc) is 2.84. The van der Waals surface area contributed by atoms with Crippen molar-refractivity contribution in [1.82, 2.24) is 15.5 Å². The lowest BCUT2D eigenvalue weighted by atomic mass is 10.2. The summed E-state index contributed by atoms with van der Waals surface area (Å²) in [4.78, 5) is 26.2. The van der Waals surface area contributed by atoms with Gasteiger partial charge in [0.1, 0.15) is 5.75 Å². The van der Waals surface area contributed by atoms with Gasteiger partial charge in [0.15, 0.2) is 5.82 Å². The second-order valence-electron chi connectivity index (χ2n) is 4.07. The van der Waals surface area contributed by atoms with Gasteiger partial charge in [-0.25, -0.2) is 9.59 Å². The van der Waals surface area contributed by atoms with Gasteiger partial charge in [-0.1, -0.05) is 5.16 Å². The molecule has 9 nitrogen and oxygen atoms in total. The SMILES string of the molecule is Cc1nc(CNC(=O)Nc2ccc(C(=O)O)cc2O)no1. The molecule has 110 valence electrons. The van der Waals surface area contributed by atoms with Crippen molar-refractivity contribution in [1.29, 1.82) is 0 Å². The summed E-state index contributed by atoms with van der Waals surface area (Å²) in [5.74, 6) is -0.823. The van der Waals surface area contributed by atoms with E-state index in [2.05, 4.69) is 20.8 Å². The summed E-state index contributed by atoms with van der Waals surface area (Å²) in [6, 6.07) is 2.99. The highest BCUT2D eigenvalue weighted by molar-refractivity contribution is 5.93. The van der Waals surface area contributed by atoms with E-state index in [4.69, 9.17) is 9.63 Å². The molecule has 0 fully saturated rings. The maximum Gasteiger partial charge on any atom is 0.335 e. The van der Waals surface area contributed by atoms with Crippen molar-refractivity contribution >= 4 is 17.7 Å². The molecule has 0 saturated carbocycles. The van der Waals surface area contributed by atoms with Gasteiger partial charge in [0, 0.05) is 6.92 Å². The first-order chi connectivity index (χ1) is 9.95. The number of carboxylic acid groups (broad SMARTS) is 1. The molecule has 0 spiro atoms. The molecule has 0 aliphatic heterocycles. The van der Waals surface area contributed by atoms with Crippen LogP contribution >= 0.6 is 0 Å². The Bertz CT molecular complexity index is 682. The highest BCUT2D eigenvalue weighted by Crippen LogP contribution is 2.24. The third-order valence-corrected chi connectivity index (χ3v) is 2.47. The van der Waals surface area contributed by atoms with E-state index in [-0.39, 0.29) is 23.5 Å². The van der Waals surface area contributed by atoms with Crippen molar-refractivity contribution in [2.45, 2.75) is 13.5 Å². The monoisotopic (exact) mass is 292 g/mol. The predicted molar refractivity (Wildman–Crippen MR) is 70.0 cm³/mol. The standard InChI is InChI=1S/C12H12N4O5/c1-6-14-10(16-21-6)5-13-12(20)15-8-3-2-7(11(18)19)4-9(8)17/h2-4,17H,5H2,1H3,(H,18,19)(H2,13,15,20). The minimum Gasteiger partial charge on any atom is -0.506 e. The lowest BCUT2D eigenvalue weighted by Gasteiger charge is -2.08. The molecule has 1 aromatic carbocycles.